The van der Waals surface area contributed by atoms with Gasteiger partial charge in [0.25, 0.3) is 0 Å². The molecule has 0 saturated carbocycles. The Morgan fingerprint density at radius 1 is 1.19 bits per heavy atom. The zero-order valence-electron chi connectivity index (χ0n) is 11.4. The normalized spacial score (nSPS) is 11.5. The number of benzene rings is 2. The smallest absolute Gasteiger partial charge is 0.170 e. The lowest BCUT2D eigenvalue weighted by Crippen LogP contribution is -2.17. The number of amidine groups is 1. The molecule has 2 rings (SSSR count). The van der Waals surface area contributed by atoms with Gasteiger partial charge >= 0.3 is 0 Å². The molecule has 0 aliphatic heterocycles. The Balaban J connectivity index is 2.24. The SMILES string of the molecule is Cc1cc(F)ccc1NCc1ccc(F)cc1C(N)=NO. The fraction of sp³-hybridized carbons (Fsp3) is 0.133. The van der Waals surface area contributed by atoms with Gasteiger partial charge in [-0.05, 0) is 48.4 Å². The molecule has 0 saturated heterocycles. The van der Waals surface area contributed by atoms with Crippen LogP contribution in [0.5, 0.6) is 0 Å². The maximum absolute atomic E-state index is 13.3. The first-order valence-corrected chi connectivity index (χ1v) is 6.27. The second-order valence-electron chi connectivity index (χ2n) is 4.60. The summed E-state index contributed by atoms with van der Waals surface area (Å²) in [5.41, 5.74) is 8.02. The average molecular weight is 291 g/mol. The molecule has 0 bridgehead atoms. The molecule has 0 atom stereocenters. The first-order chi connectivity index (χ1) is 10.0. The fourth-order valence-corrected chi connectivity index (χ4v) is 2.01. The Morgan fingerprint density at radius 3 is 2.52 bits per heavy atom. The van der Waals surface area contributed by atoms with Crippen LogP contribution < -0.4 is 11.1 Å². The van der Waals surface area contributed by atoms with Gasteiger partial charge in [0, 0.05) is 17.8 Å². The van der Waals surface area contributed by atoms with Gasteiger partial charge in [0.15, 0.2) is 5.84 Å². The van der Waals surface area contributed by atoms with Gasteiger partial charge in [0.2, 0.25) is 0 Å². The standard InChI is InChI=1S/C15H15F2N3O/c1-9-6-11(16)4-5-14(9)19-8-10-2-3-12(17)7-13(10)15(18)20-21/h2-7,19,21H,8H2,1H3,(H2,18,20). The molecule has 4 N–H and O–H groups in total. The van der Waals surface area contributed by atoms with Crippen molar-refractivity contribution in [2.75, 3.05) is 5.32 Å². The highest BCUT2D eigenvalue weighted by Gasteiger charge is 2.09. The Kier molecular flexibility index (Phi) is 4.37. The molecule has 0 unspecified atom stereocenters. The quantitative estimate of drug-likeness (QED) is 0.351. The van der Waals surface area contributed by atoms with Crippen molar-refractivity contribution in [3.8, 4) is 0 Å². The number of halogens is 2. The second kappa shape index (κ2) is 6.21. The zero-order chi connectivity index (χ0) is 15.4. The first-order valence-electron chi connectivity index (χ1n) is 6.27. The van der Waals surface area contributed by atoms with Gasteiger partial charge in [-0.1, -0.05) is 11.2 Å². The van der Waals surface area contributed by atoms with Gasteiger partial charge in [0.1, 0.15) is 11.6 Å². The van der Waals surface area contributed by atoms with E-state index in [2.05, 4.69) is 10.5 Å². The number of nitrogens with one attached hydrogen (secondary N) is 1. The lowest BCUT2D eigenvalue weighted by Gasteiger charge is -2.12. The second-order valence-corrected chi connectivity index (χ2v) is 4.60. The Labute approximate surface area is 120 Å². The third kappa shape index (κ3) is 3.47. The summed E-state index contributed by atoms with van der Waals surface area (Å²) in [4.78, 5) is 0. The largest absolute Gasteiger partial charge is 0.409 e. The van der Waals surface area contributed by atoms with Crippen molar-refractivity contribution in [2.45, 2.75) is 13.5 Å². The number of hydrogen-bond donors (Lipinski definition) is 3. The predicted molar refractivity (Wildman–Crippen MR) is 77.4 cm³/mol. The molecule has 4 nitrogen and oxygen atoms in total. The molecule has 0 amide bonds. The van der Waals surface area contributed by atoms with E-state index in [9.17, 15) is 8.78 Å². The molecule has 0 radical (unpaired) electrons. The van der Waals surface area contributed by atoms with Crippen LogP contribution in [-0.4, -0.2) is 11.0 Å². The van der Waals surface area contributed by atoms with Crippen molar-refractivity contribution in [2.24, 2.45) is 10.9 Å². The highest BCUT2D eigenvalue weighted by atomic mass is 19.1. The minimum absolute atomic E-state index is 0.165. The van der Waals surface area contributed by atoms with Gasteiger partial charge in [-0.3, -0.25) is 0 Å². The van der Waals surface area contributed by atoms with Crippen LogP contribution in [0.3, 0.4) is 0 Å². The van der Waals surface area contributed by atoms with Crippen LogP contribution in [0.4, 0.5) is 14.5 Å². The monoisotopic (exact) mass is 291 g/mol. The number of nitrogens with two attached hydrogens (primary N) is 1. The Morgan fingerprint density at radius 2 is 1.86 bits per heavy atom. The molecule has 6 heteroatoms. The van der Waals surface area contributed by atoms with Crippen LogP contribution in [-0.2, 0) is 6.54 Å². The van der Waals surface area contributed by atoms with Crippen LogP contribution >= 0.6 is 0 Å². The molecule has 0 fully saturated rings. The van der Waals surface area contributed by atoms with Crippen molar-refractivity contribution >= 4 is 11.5 Å². The highest BCUT2D eigenvalue weighted by Crippen LogP contribution is 2.18. The molecule has 110 valence electrons. The summed E-state index contributed by atoms with van der Waals surface area (Å²) in [6.45, 7) is 2.11. The van der Waals surface area contributed by atoms with E-state index in [0.29, 0.717) is 17.7 Å². The highest BCUT2D eigenvalue weighted by molar-refractivity contribution is 5.98. The topological polar surface area (TPSA) is 70.6 Å². The summed E-state index contributed by atoms with van der Waals surface area (Å²) in [6, 6.07) is 8.43. The number of oxime groups is 1. The summed E-state index contributed by atoms with van der Waals surface area (Å²) in [5.74, 6) is -0.947. The molecule has 2 aromatic rings. The number of nitrogens with zero attached hydrogens (tertiary/aromatic N) is 1. The minimum Gasteiger partial charge on any atom is -0.409 e. The van der Waals surface area contributed by atoms with Crippen molar-refractivity contribution < 1.29 is 14.0 Å². The van der Waals surface area contributed by atoms with Gasteiger partial charge < -0.3 is 16.3 Å². The van der Waals surface area contributed by atoms with Crippen LogP contribution in [0.25, 0.3) is 0 Å². The third-order valence-corrected chi connectivity index (χ3v) is 3.11. The average Bonchev–Trinajstić information content (AvgIpc) is 2.46. The fourth-order valence-electron chi connectivity index (χ4n) is 2.01. The van der Waals surface area contributed by atoms with E-state index in [1.165, 1.54) is 24.3 Å². The van der Waals surface area contributed by atoms with Gasteiger partial charge in [-0.25, -0.2) is 8.78 Å². The zero-order valence-corrected chi connectivity index (χ0v) is 11.4. The Hall–Kier alpha value is -2.63. The van der Waals surface area contributed by atoms with Crippen LogP contribution in [0.2, 0.25) is 0 Å². The predicted octanol–water partition coefficient (Wildman–Crippen LogP) is 2.98. The number of anilines is 1. The molecule has 0 heterocycles. The van der Waals surface area contributed by atoms with E-state index < -0.39 is 5.82 Å². The molecule has 0 spiro atoms. The lowest BCUT2D eigenvalue weighted by atomic mass is 10.1. The van der Waals surface area contributed by atoms with Crippen LogP contribution in [0.1, 0.15) is 16.7 Å². The summed E-state index contributed by atoms with van der Waals surface area (Å²) in [5, 5.41) is 14.8. The van der Waals surface area contributed by atoms with Crippen molar-refractivity contribution in [1.82, 2.24) is 0 Å². The van der Waals surface area contributed by atoms with Gasteiger partial charge in [-0.15, -0.1) is 0 Å². The summed E-state index contributed by atoms with van der Waals surface area (Å²) in [7, 11) is 0. The molecular formula is C15H15F2N3O. The van der Waals surface area contributed by atoms with E-state index in [4.69, 9.17) is 10.9 Å². The first kappa shape index (κ1) is 14.8. The third-order valence-electron chi connectivity index (χ3n) is 3.11. The van der Waals surface area contributed by atoms with Gasteiger partial charge in [0.05, 0.1) is 0 Å². The minimum atomic E-state index is -0.474. The van der Waals surface area contributed by atoms with Crippen molar-refractivity contribution in [1.29, 1.82) is 0 Å². The number of aryl methyl sites for hydroxylation is 1. The molecular weight excluding hydrogens is 276 g/mol. The molecule has 2 aromatic carbocycles. The molecule has 21 heavy (non-hydrogen) atoms. The van der Waals surface area contributed by atoms with E-state index >= 15 is 0 Å². The van der Waals surface area contributed by atoms with E-state index in [1.807, 2.05) is 0 Å². The maximum Gasteiger partial charge on any atom is 0.170 e. The van der Waals surface area contributed by atoms with E-state index in [1.54, 1.807) is 19.1 Å². The van der Waals surface area contributed by atoms with Crippen molar-refractivity contribution in [3.05, 3.63) is 64.7 Å². The number of rotatable bonds is 4. The molecule has 0 aliphatic carbocycles. The van der Waals surface area contributed by atoms with Crippen LogP contribution in [0, 0.1) is 18.6 Å². The van der Waals surface area contributed by atoms with E-state index in [-0.39, 0.29) is 11.7 Å². The van der Waals surface area contributed by atoms with Crippen molar-refractivity contribution in [3.63, 3.8) is 0 Å². The van der Waals surface area contributed by atoms with E-state index in [0.717, 1.165) is 11.3 Å². The molecule has 0 aliphatic rings. The summed E-state index contributed by atoms with van der Waals surface area (Å²) < 4.78 is 26.3. The lowest BCUT2D eigenvalue weighted by molar-refractivity contribution is 0.318. The van der Waals surface area contributed by atoms with Gasteiger partial charge in [-0.2, -0.15) is 0 Å². The maximum atomic E-state index is 13.3. The summed E-state index contributed by atoms with van der Waals surface area (Å²) >= 11 is 0. The Bertz CT molecular complexity index is 687. The molecule has 0 aromatic heterocycles. The number of hydrogen-bond acceptors (Lipinski definition) is 3. The summed E-state index contributed by atoms with van der Waals surface area (Å²) in [6.07, 6.45) is 0. The van der Waals surface area contributed by atoms with Crippen LogP contribution in [0.15, 0.2) is 41.6 Å².